The van der Waals surface area contributed by atoms with Crippen molar-refractivity contribution in [1.29, 1.82) is 0 Å². The summed E-state index contributed by atoms with van der Waals surface area (Å²) >= 11 is 0. The van der Waals surface area contributed by atoms with E-state index in [1.54, 1.807) is 6.20 Å². The molecule has 0 atom stereocenters. The van der Waals surface area contributed by atoms with E-state index in [1.165, 1.54) is 5.69 Å². The number of nitrogens with zero attached hydrogens (tertiary/aromatic N) is 5. The molecule has 8 heteroatoms. The zero-order chi connectivity index (χ0) is 23.5. The van der Waals surface area contributed by atoms with Gasteiger partial charge in [-0.05, 0) is 42.5 Å². The van der Waals surface area contributed by atoms with Crippen LogP contribution in [0.1, 0.15) is 20.8 Å². The third-order valence-electron chi connectivity index (χ3n) is 5.93. The van der Waals surface area contributed by atoms with E-state index in [1.807, 2.05) is 23.2 Å². The molecule has 0 saturated carbocycles. The number of anilines is 4. The Morgan fingerprint density at radius 1 is 0.971 bits per heavy atom. The van der Waals surface area contributed by atoms with E-state index in [9.17, 15) is 0 Å². The quantitative estimate of drug-likeness (QED) is 0.586. The van der Waals surface area contributed by atoms with Crippen molar-refractivity contribution in [2.75, 3.05) is 48.2 Å². The highest BCUT2D eigenvalue weighted by molar-refractivity contribution is 5.90. The van der Waals surface area contributed by atoms with Gasteiger partial charge < -0.3 is 15.0 Å². The highest BCUT2D eigenvalue weighted by Gasteiger charge is 2.25. The van der Waals surface area contributed by atoms with Crippen LogP contribution >= 0.6 is 0 Å². The maximum Gasteiger partial charge on any atom is 0.227 e. The molecule has 1 saturated heterocycles. The van der Waals surface area contributed by atoms with Gasteiger partial charge in [0.15, 0.2) is 0 Å². The van der Waals surface area contributed by atoms with Gasteiger partial charge in [0.05, 0.1) is 24.6 Å². The normalized spacial score (nSPS) is 16.3. The average Bonchev–Trinajstić information content (AvgIpc) is 3.37. The van der Waals surface area contributed by atoms with E-state index >= 15 is 0 Å². The number of amidine groups is 1. The zero-order valence-corrected chi connectivity index (χ0v) is 20.0. The van der Waals surface area contributed by atoms with Gasteiger partial charge in [0.1, 0.15) is 12.5 Å². The molecule has 0 unspecified atom stereocenters. The molecule has 2 N–H and O–H groups in total. The fourth-order valence-corrected chi connectivity index (χ4v) is 4.01. The van der Waals surface area contributed by atoms with Crippen LogP contribution in [0, 0.1) is 5.41 Å². The number of hydrazine groups is 1. The van der Waals surface area contributed by atoms with Gasteiger partial charge in [0, 0.05) is 41.6 Å². The summed E-state index contributed by atoms with van der Waals surface area (Å²) in [4.78, 5) is 16.1. The molecule has 0 amide bonds. The van der Waals surface area contributed by atoms with E-state index in [0.29, 0.717) is 12.6 Å². The fraction of sp³-hybridized carbons (Fsp3) is 0.346. The molecule has 2 aliphatic heterocycles. The van der Waals surface area contributed by atoms with Crippen molar-refractivity contribution in [3.8, 4) is 11.3 Å². The van der Waals surface area contributed by atoms with E-state index in [0.717, 1.165) is 54.8 Å². The van der Waals surface area contributed by atoms with Gasteiger partial charge in [-0.3, -0.25) is 10.4 Å². The van der Waals surface area contributed by atoms with Gasteiger partial charge in [-0.1, -0.05) is 32.9 Å². The van der Waals surface area contributed by atoms with Crippen LogP contribution in [0.3, 0.4) is 0 Å². The predicted octanol–water partition coefficient (Wildman–Crippen LogP) is 4.45. The number of rotatable bonds is 5. The summed E-state index contributed by atoms with van der Waals surface area (Å²) in [5, 5.41) is 5.37. The Morgan fingerprint density at radius 3 is 2.50 bits per heavy atom. The SMILES string of the molecule is CC(C)(C)C1=NCN(c2ccc(Nc3nccc(-c4cccc(N5CCOCC5)c4)n3)cc2)N1. The lowest BCUT2D eigenvalue weighted by Gasteiger charge is -2.29. The number of aliphatic imine (C=N–C) groups is 1. The molecule has 34 heavy (non-hydrogen) atoms. The number of nitrogens with one attached hydrogen (secondary N) is 2. The average molecular weight is 458 g/mol. The minimum atomic E-state index is 0.000311. The minimum absolute atomic E-state index is 0.000311. The number of benzene rings is 2. The van der Waals surface area contributed by atoms with Gasteiger partial charge in [-0.15, -0.1) is 0 Å². The Hall–Kier alpha value is -3.65. The van der Waals surface area contributed by atoms with Gasteiger partial charge in [0.2, 0.25) is 5.95 Å². The summed E-state index contributed by atoms with van der Waals surface area (Å²) in [5.74, 6) is 1.57. The van der Waals surface area contributed by atoms with Crippen molar-refractivity contribution in [3.05, 3.63) is 60.8 Å². The Labute approximate surface area is 200 Å². The lowest BCUT2D eigenvalue weighted by atomic mass is 9.95. The molecular formula is C26H31N7O. The second-order valence-electron chi connectivity index (χ2n) is 9.53. The predicted molar refractivity (Wildman–Crippen MR) is 138 cm³/mol. The molecule has 8 nitrogen and oxygen atoms in total. The highest BCUT2D eigenvalue weighted by Crippen LogP contribution is 2.26. The topological polar surface area (TPSA) is 77.9 Å². The monoisotopic (exact) mass is 457 g/mol. The highest BCUT2D eigenvalue weighted by atomic mass is 16.5. The van der Waals surface area contributed by atoms with Crippen molar-refractivity contribution in [3.63, 3.8) is 0 Å². The van der Waals surface area contributed by atoms with Crippen LogP contribution in [0.2, 0.25) is 0 Å². The van der Waals surface area contributed by atoms with Crippen molar-refractivity contribution >= 4 is 28.8 Å². The first-order valence-corrected chi connectivity index (χ1v) is 11.7. The molecule has 5 rings (SSSR count). The summed E-state index contributed by atoms with van der Waals surface area (Å²) < 4.78 is 5.48. The van der Waals surface area contributed by atoms with Crippen LogP contribution in [0.5, 0.6) is 0 Å². The van der Waals surface area contributed by atoms with Gasteiger partial charge in [-0.25, -0.2) is 15.0 Å². The molecule has 3 heterocycles. The van der Waals surface area contributed by atoms with Crippen LogP contribution in [-0.2, 0) is 4.74 Å². The standard InChI is InChI=1S/C26H31N7O/c1-26(2,3)24-28-18-33(31-24)21-9-7-20(8-10-21)29-25-27-12-11-23(30-25)19-5-4-6-22(17-19)32-13-15-34-16-14-32/h4-12,17H,13-16,18H2,1-3H3,(H,28,31)(H,27,29,30). The largest absolute Gasteiger partial charge is 0.378 e. The third kappa shape index (κ3) is 4.97. The summed E-state index contributed by atoms with van der Waals surface area (Å²) in [5.41, 5.74) is 8.54. The Morgan fingerprint density at radius 2 is 1.76 bits per heavy atom. The fourth-order valence-electron chi connectivity index (χ4n) is 4.01. The second kappa shape index (κ2) is 9.30. The lowest BCUT2D eigenvalue weighted by molar-refractivity contribution is 0.122. The van der Waals surface area contributed by atoms with E-state index in [-0.39, 0.29) is 5.41 Å². The molecule has 2 aromatic carbocycles. The van der Waals surface area contributed by atoms with Crippen molar-refractivity contribution in [1.82, 2.24) is 15.4 Å². The first-order valence-electron chi connectivity index (χ1n) is 11.7. The summed E-state index contributed by atoms with van der Waals surface area (Å²) in [6, 6.07) is 18.6. The second-order valence-corrected chi connectivity index (χ2v) is 9.53. The van der Waals surface area contributed by atoms with E-state index in [4.69, 9.17) is 9.72 Å². The molecule has 0 radical (unpaired) electrons. The molecule has 0 spiro atoms. The minimum Gasteiger partial charge on any atom is -0.378 e. The summed E-state index contributed by atoms with van der Waals surface area (Å²) in [7, 11) is 0. The number of hydrogen-bond donors (Lipinski definition) is 2. The Kier molecular flexibility index (Phi) is 6.06. The first-order chi connectivity index (χ1) is 16.5. The number of ether oxygens (including phenoxy) is 1. The first kappa shape index (κ1) is 22.2. The number of aromatic nitrogens is 2. The van der Waals surface area contributed by atoms with E-state index in [2.05, 4.69) is 82.8 Å². The third-order valence-corrected chi connectivity index (χ3v) is 5.93. The number of morpholine rings is 1. The van der Waals surface area contributed by atoms with Crippen LogP contribution in [0.15, 0.2) is 65.8 Å². The van der Waals surface area contributed by atoms with Crippen LogP contribution in [0.25, 0.3) is 11.3 Å². The molecule has 1 fully saturated rings. The van der Waals surface area contributed by atoms with Crippen LogP contribution in [0.4, 0.5) is 23.0 Å². The number of hydrogen-bond acceptors (Lipinski definition) is 8. The van der Waals surface area contributed by atoms with Crippen molar-refractivity contribution in [2.24, 2.45) is 10.4 Å². The molecule has 2 aliphatic rings. The van der Waals surface area contributed by atoms with Gasteiger partial charge >= 0.3 is 0 Å². The molecule has 0 aliphatic carbocycles. The van der Waals surface area contributed by atoms with Crippen LogP contribution in [-0.4, -0.2) is 48.8 Å². The van der Waals surface area contributed by atoms with Crippen molar-refractivity contribution in [2.45, 2.75) is 20.8 Å². The smallest absolute Gasteiger partial charge is 0.227 e. The molecule has 3 aromatic rings. The van der Waals surface area contributed by atoms with Crippen molar-refractivity contribution < 1.29 is 4.74 Å². The Bertz CT molecular complexity index is 1160. The maximum atomic E-state index is 5.48. The van der Waals surface area contributed by atoms with Gasteiger partial charge in [-0.2, -0.15) is 0 Å². The molecule has 1 aromatic heterocycles. The molecular weight excluding hydrogens is 426 g/mol. The molecule has 176 valence electrons. The summed E-state index contributed by atoms with van der Waals surface area (Å²) in [6.07, 6.45) is 1.79. The Balaban J connectivity index is 1.27. The van der Waals surface area contributed by atoms with Gasteiger partial charge in [0.25, 0.3) is 0 Å². The zero-order valence-electron chi connectivity index (χ0n) is 20.0. The van der Waals surface area contributed by atoms with Crippen LogP contribution < -0.4 is 20.7 Å². The maximum absolute atomic E-state index is 5.48. The van der Waals surface area contributed by atoms with E-state index < -0.39 is 0 Å². The molecule has 0 bridgehead atoms. The summed E-state index contributed by atoms with van der Waals surface area (Å²) in [6.45, 7) is 10.4. The lowest BCUT2D eigenvalue weighted by Crippen LogP contribution is -2.41.